The lowest BCUT2D eigenvalue weighted by molar-refractivity contribution is -0.386. The molecule has 1 rings (SSSR count). The molecule has 88 valence electrons. The van der Waals surface area contributed by atoms with Crippen molar-refractivity contribution in [2.75, 3.05) is 13.7 Å². The average molecular weight is 226 g/mol. The van der Waals surface area contributed by atoms with Crippen LogP contribution in [0.5, 0.6) is 5.88 Å². The van der Waals surface area contributed by atoms with Crippen molar-refractivity contribution in [2.24, 2.45) is 0 Å². The van der Waals surface area contributed by atoms with Crippen LogP contribution < -0.4 is 4.74 Å². The quantitative estimate of drug-likeness (QED) is 0.421. The highest BCUT2D eigenvalue weighted by Gasteiger charge is 2.16. The number of methoxy groups -OCH3 is 1. The highest BCUT2D eigenvalue weighted by atomic mass is 16.6. The number of nitrogens with zero attached hydrogens (tertiary/aromatic N) is 2. The molecule has 0 aliphatic heterocycles. The van der Waals surface area contributed by atoms with Gasteiger partial charge in [-0.05, 0) is 6.42 Å². The van der Waals surface area contributed by atoms with Crippen LogP contribution in [0.4, 0.5) is 5.69 Å². The summed E-state index contributed by atoms with van der Waals surface area (Å²) in [6.07, 6.45) is 2.42. The van der Waals surface area contributed by atoms with E-state index in [1.54, 1.807) is 0 Å². The molecule has 0 saturated carbocycles. The van der Waals surface area contributed by atoms with E-state index in [2.05, 4.69) is 4.98 Å². The number of hydrogen-bond acceptors (Lipinski definition) is 5. The van der Waals surface area contributed by atoms with Gasteiger partial charge in [0.1, 0.15) is 0 Å². The SMILES string of the molecule is CCCOCc1cnc(OC)c([N+](=O)[O-])c1. The molecule has 1 aromatic rings. The van der Waals surface area contributed by atoms with Gasteiger partial charge in [0.25, 0.3) is 5.88 Å². The average Bonchev–Trinajstić information content (AvgIpc) is 2.29. The summed E-state index contributed by atoms with van der Waals surface area (Å²) >= 11 is 0. The van der Waals surface area contributed by atoms with E-state index in [1.165, 1.54) is 19.4 Å². The van der Waals surface area contributed by atoms with E-state index in [4.69, 9.17) is 9.47 Å². The van der Waals surface area contributed by atoms with Crippen molar-refractivity contribution in [1.82, 2.24) is 4.98 Å². The molecule has 0 atom stereocenters. The van der Waals surface area contributed by atoms with Crippen LogP contribution in [0.15, 0.2) is 12.3 Å². The van der Waals surface area contributed by atoms with Crippen LogP contribution in [-0.2, 0) is 11.3 Å². The molecule has 0 amide bonds. The maximum Gasteiger partial charge on any atom is 0.331 e. The van der Waals surface area contributed by atoms with Crippen molar-refractivity contribution in [3.63, 3.8) is 0 Å². The molecule has 1 aromatic heterocycles. The predicted molar refractivity (Wildman–Crippen MR) is 57.4 cm³/mol. The van der Waals surface area contributed by atoms with Gasteiger partial charge in [-0.1, -0.05) is 6.92 Å². The Balaban J connectivity index is 2.81. The largest absolute Gasteiger partial charge is 0.476 e. The third kappa shape index (κ3) is 3.16. The molecule has 0 N–H and O–H groups in total. The first-order chi connectivity index (χ1) is 7.69. The molecule has 0 aromatic carbocycles. The summed E-state index contributed by atoms with van der Waals surface area (Å²) in [6.45, 7) is 2.94. The lowest BCUT2D eigenvalue weighted by atomic mass is 10.3. The molecule has 1 heterocycles. The van der Waals surface area contributed by atoms with Gasteiger partial charge in [0, 0.05) is 24.4 Å². The maximum atomic E-state index is 10.7. The summed E-state index contributed by atoms with van der Waals surface area (Å²) in [4.78, 5) is 14.0. The van der Waals surface area contributed by atoms with Gasteiger partial charge >= 0.3 is 5.69 Å². The van der Waals surface area contributed by atoms with Gasteiger partial charge in [0.2, 0.25) is 0 Å². The molecule has 0 aliphatic carbocycles. The number of hydrogen-bond donors (Lipinski definition) is 0. The van der Waals surface area contributed by atoms with Gasteiger partial charge in [0.05, 0.1) is 18.6 Å². The summed E-state index contributed by atoms with van der Waals surface area (Å²) < 4.78 is 10.1. The number of nitro groups is 1. The smallest absolute Gasteiger partial charge is 0.331 e. The molecule has 0 bridgehead atoms. The normalized spacial score (nSPS) is 10.1. The molecular weight excluding hydrogens is 212 g/mol. The van der Waals surface area contributed by atoms with Crippen LogP contribution in [0.1, 0.15) is 18.9 Å². The lowest BCUT2D eigenvalue weighted by Crippen LogP contribution is -2.00. The van der Waals surface area contributed by atoms with Gasteiger partial charge in [-0.3, -0.25) is 10.1 Å². The topological polar surface area (TPSA) is 74.5 Å². The lowest BCUT2D eigenvalue weighted by Gasteiger charge is -2.04. The third-order valence-electron chi connectivity index (χ3n) is 1.90. The zero-order valence-electron chi connectivity index (χ0n) is 9.30. The number of ether oxygens (including phenoxy) is 2. The van der Waals surface area contributed by atoms with Crippen LogP contribution in [-0.4, -0.2) is 23.6 Å². The van der Waals surface area contributed by atoms with Crippen molar-refractivity contribution in [3.05, 3.63) is 27.9 Å². The molecular formula is C10H14N2O4. The second-order valence-electron chi connectivity index (χ2n) is 3.18. The van der Waals surface area contributed by atoms with Crippen molar-refractivity contribution >= 4 is 5.69 Å². The van der Waals surface area contributed by atoms with Gasteiger partial charge in [-0.25, -0.2) is 4.98 Å². The molecule has 0 saturated heterocycles. The zero-order valence-corrected chi connectivity index (χ0v) is 9.30. The van der Waals surface area contributed by atoms with E-state index in [1.807, 2.05) is 6.92 Å². The minimum absolute atomic E-state index is 0.0178. The molecule has 0 aliphatic rings. The summed E-state index contributed by atoms with van der Waals surface area (Å²) in [5.74, 6) is 0.0178. The predicted octanol–water partition coefficient (Wildman–Crippen LogP) is 1.93. The van der Waals surface area contributed by atoms with Crippen LogP contribution in [0.2, 0.25) is 0 Å². The first-order valence-corrected chi connectivity index (χ1v) is 4.94. The monoisotopic (exact) mass is 226 g/mol. The summed E-state index contributed by atoms with van der Waals surface area (Å²) in [5.41, 5.74) is 0.529. The Morgan fingerprint density at radius 2 is 2.31 bits per heavy atom. The van der Waals surface area contributed by atoms with E-state index in [9.17, 15) is 10.1 Å². The molecule has 0 fully saturated rings. The van der Waals surface area contributed by atoms with Crippen LogP contribution in [0.3, 0.4) is 0 Å². The second kappa shape index (κ2) is 6.02. The van der Waals surface area contributed by atoms with Crippen LogP contribution in [0.25, 0.3) is 0 Å². The summed E-state index contributed by atoms with van der Waals surface area (Å²) in [6, 6.07) is 1.42. The number of aromatic nitrogens is 1. The van der Waals surface area contributed by atoms with E-state index in [0.717, 1.165) is 6.42 Å². The highest BCUT2D eigenvalue weighted by Crippen LogP contribution is 2.24. The van der Waals surface area contributed by atoms with E-state index >= 15 is 0 Å². The van der Waals surface area contributed by atoms with Gasteiger partial charge in [-0.15, -0.1) is 0 Å². The van der Waals surface area contributed by atoms with Crippen molar-refractivity contribution < 1.29 is 14.4 Å². The minimum atomic E-state index is -0.519. The van der Waals surface area contributed by atoms with Gasteiger partial charge in [-0.2, -0.15) is 0 Å². The molecule has 6 heteroatoms. The molecule has 0 radical (unpaired) electrons. The van der Waals surface area contributed by atoms with Gasteiger partial charge in [0.15, 0.2) is 0 Å². The summed E-state index contributed by atoms with van der Waals surface area (Å²) in [5, 5.41) is 10.7. The highest BCUT2D eigenvalue weighted by molar-refractivity contribution is 5.42. The van der Waals surface area contributed by atoms with Crippen LogP contribution in [0, 0.1) is 10.1 Å². The number of pyridine rings is 1. The number of rotatable bonds is 6. The first kappa shape index (κ1) is 12.4. The molecule has 6 nitrogen and oxygen atoms in total. The fourth-order valence-electron chi connectivity index (χ4n) is 1.18. The second-order valence-corrected chi connectivity index (χ2v) is 3.18. The Bertz CT molecular complexity index is 368. The van der Waals surface area contributed by atoms with Crippen LogP contribution >= 0.6 is 0 Å². The van der Waals surface area contributed by atoms with Crippen molar-refractivity contribution in [2.45, 2.75) is 20.0 Å². The standard InChI is InChI=1S/C10H14N2O4/c1-3-4-16-7-8-5-9(12(13)14)10(15-2)11-6-8/h5-6H,3-4,7H2,1-2H3. The third-order valence-corrected chi connectivity index (χ3v) is 1.90. The fourth-order valence-corrected chi connectivity index (χ4v) is 1.18. The maximum absolute atomic E-state index is 10.7. The van der Waals surface area contributed by atoms with E-state index < -0.39 is 4.92 Å². The Hall–Kier alpha value is -1.69. The van der Waals surface area contributed by atoms with E-state index in [-0.39, 0.29) is 11.6 Å². The molecule has 0 unspecified atom stereocenters. The zero-order chi connectivity index (χ0) is 12.0. The Kier molecular flexibility index (Phi) is 4.65. The Morgan fingerprint density at radius 3 is 2.88 bits per heavy atom. The van der Waals surface area contributed by atoms with Crippen molar-refractivity contribution in [1.29, 1.82) is 0 Å². The Labute approximate surface area is 93.4 Å². The molecule has 16 heavy (non-hydrogen) atoms. The minimum Gasteiger partial charge on any atom is -0.476 e. The molecule has 0 spiro atoms. The van der Waals surface area contributed by atoms with E-state index in [0.29, 0.717) is 18.8 Å². The van der Waals surface area contributed by atoms with Crippen molar-refractivity contribution in [3.8, 4) is 5.88 Å². The first-order valence-electron chi connectivity index (χ1n) is 4.94. The Morgan fingerprint density at radius 1 is 1.56 bits per heavy atom. The van der Waals surface area contributed by atoms with Gasteiger partial charge < -0.3 is 9.47 Å². The summed E-state index contributed by atoms with van der Waals surface area (Å²) in [7, 11) is 1.35. The fraction of sp³-hybridized carbons (Fsp3) is 0.500.